The number of piperidine rings is 1. The van der Waals surface area contributed by atoms with Crippen LogP contribution in [0.1, 0.15) is 63.4 Å². The summed E-state index contributed by atoms with van der Waals surface area (Å²) in [5.41, 5.74) is 1.81. The van der Waals surface area contributed by atoms with E-state index in [4.69, 9.17) is 4.74 Å². The van der Waals surface area contributed by atoms with Gasteiger partial charge in [-0.3, -0.25) is 33.8 Å². The maximum atomic E-state index is 15.8. The summed E-state index contributed by atoms with van der Waals surface area (Å²) < 4.78 is 69.2. The van der Waals surface area contributed by atoms with Gasteiger partial charge in [0.1, 0.15) is 17.3 Å². The maximum absolute atomic E-state index is 15.8. The van der Waals surface area contributed by atoms with Crippen LogP contribution >= 0.6 is 0 Å². The van der Waals surface area contributed by atoms with E-state index in [0.717, 1.165) is 67.5 Å². The number of nitrogens with zero attached hydrogens (tertiary/aromatic N) is 7. The van der Waals surface area contributed by atoms with Crippen molar-refractivity contribution in [1.29, 1.82) is 0 Å². The van der Waals surface area contributed by atoms with Gasteiger partial charge in [0.2, 0.25) is 5.91 Å². The van der Waals surface area contributed by atoms with Crippen LogP contribution in [0.15, 0.2) is 53.6 Å². The lowest BCUT2D eigenvalue weighted by molar-refractivity contribution is -0.120. The van der Waals surface area contributed by atoms with Gasteiger partial charge in [0.15, 0.2) is 17.4 Å². The summed E-state index contributed by atoms with van der Waals surface area (Å²) in [6.45, 7) is 4.40. The second-order valence-corrected chi connectivity index (χ2v) is 17.9. The maximum Gasteiger partial charge on any atom is 0.329 e. The average molecular weight is 861 g/mol. The van der Waals surface area contributed by atoms with Crippen molar-refractivity contribution in [2.45, 2.75) is 70.4 Å². The molecular formula is C42H50F2N10O6S. The number of hydrogen-bond donors (Lipinski definition) is 3. The second-order valence-electron chi connectivity index (χ2n) is 16.1. The minimum Gasteiger partial charge on any atom is -0.452 e. The Hall–Kier alpha value is -5.66. The number of imide groups is 1. The normalized spacial score (nSPS) is 19.5. The monoisotopic (exact) mass is 860 g/mol. The molecule has 2 saturated heterocycles. The van der Waals surface area contributed by atoms with E-state index in [9.17, 15) is 22.8 Å². The van der Waals surface area contributed by atoms with Gasteiger partial charge in [-0.1, -0.05) is 6.92 Å². The Balaban J connectivity index is 0.889. The highest BCUT2D eigenvalue weighted by Gasteiger charge is 2.33. The molecule has 0 atom stereocenters. The van der Waals surface area contributed by atoms with Gasteiger partial charge in [0.25, 0.3) is 5.56 Å². The molecule has 16 nitrogen and oxygen atoms in total. The fourth-order valence-electron chi connectivity index (χ4n) is 8.91. The van der Waals surface area contributed by atoms with Crippen molar-refractivity contribution in [3.05, 3.63) is 76.3 Å². The van der Waals surface area contributed by atoms with Crippen molar-refractivity contribution in [3.63, 3.8) is 0 Å². The highest BCUT2D eigenvalue weighted by Crippen LogP contribution is 2.41. The number of likely N-dealkylation sites (tertiary alicyclic amines) is 1. The quantitative estimate of drug-likeness (QED) is 0.137. The molecule has 4 heterocycles. The number of ether oxygens (including phenoxy) is 1. The second kappa shape index (κ2) is 17.0. The van der Waals surface area contributed by atoms with Crippen molar-refractivity contribution >= 4 is 61.1 Å². The number of hydrogen-bond acceptors (Lipinski definition) is 10. The zero-order valence-corrected chi connectivity index (χ0v) is 35.4. The summed E-state index contributed by atoms with van der Waals surface area (Å²) >= 11 is 0. The van der Waals surface area contributed by atoms with Crippen LogP contribution in [0.5, 0.6) is 11.5 Å². The van der Waals surface area contributed by atoms with Gasteiger partial charge >= 0.3 is 16.2 Å². The highest BCUT2D eigenvalue weighted by atomic mass is 32.2. The lowest BCUT2D eigenvalue weighted by Crippen LogP contribution is -2.49. The molecule has 2 aliphatic heterocycles. The molecular weight excluding hydrogens is 811 g/mol. The number of fused-ring (bicyclic) bond motifs is 2. The van der Waals surface area contributed by atoms with Crippen LogP contribution in [-0.2, 0) is 28.6 Å². The zero-order chi connectivity index (χ0) is 43.2. The van der Waals surface area contributed by atoms with E-state index >= 15 is 8.78 Å². The summed E-state index contributed by atoms with van der Waals surface area (Å²) in [6.07, 6.45) is 7.12. The first-order valence-corrected chi connectivity index (χ1v) is 22.1. The third-order valence-corrected chi connectivity index (χ3v) is 14.0. The first kappa shape index (κ1) is 42.0. The lowest BCUT2D eigenvalue weighted by Gasteiger charge is -2.41. The number of amides is 3. The summed E-state index contributed by atoms with van der Waals surface area (Å²) in [5, 5.41) is 10.5. The standard InChI is InChI=1S/C42H50F2N10O6S/c1-5-50(3)61(58,59)49-35-13-11-32(43)39(38(35)45-2)60-28-10-12-34-30(20-28)41(56)53(24-46-34)23-25-14-17-52(18-15-25)27-8-6-26(7-9-27)29-22-36-31(21-33(29)44)40(48-51(36)4)54-19-16-37(55)47-42(54)57/h10-13,20-22,24-27,45,49H,5-9,14-19,23H2,1-4H3,(H,47,55,57). The van der Waals surface area contributed by atoms with E-state index in [2.05, 4.69) is 30.3 Å². The summed E-state index contributed by atoms with van der Waals surface area (Å²) in [5.74, 6) is -0.760. The van der Waals surface area contributed by atoms with E-state index < -0.39 is 22.1 Å². The first-order chi connectivity index (χ1) is 29.2. The predicted octanol–water partition coefficient (Wildman–Crippen LogP) is 5.89. The SMILES string of the molecule is CCN(C)S(=O)(=O)Nc1ccc(F)c(Oc2ccc3ncn(CC4CCN(C5CCC(c6cc7c(cc6F)c(N6CCC(=O)NC6=O)nn7C)CC5)CC4)c(=O)c3c2)c1NC. The molecule has 324 valence electrons. The summed E-state index contributed by atoms with van der Waals surface area (Å²) in [7, 11) is 0.824. The number of halogens is 2. The molecule has 0 bridgehead atoms. The van der Waals surface area contributed by atoms with Gasteiger partial charge in [-0.05, 0) is 111 Å². The number of carbonyl (C=O) groups is 2. The van der Waals surface area contributed by atoms with E-state index in [0.29, 0.717) is 40.3 Å². The van der Waals surface area contributed by atoms with Crippen LogP contribution in [0.2, 0.25) is 0 Å². The number of nitrogens with one attached hydrogen (secondary N) is 3. The Morgan fingerprint density at radius 2 is 1.70 bits per heavy atom. The number of aromatic nitrogens is 4. The van der Waals surface area contributed by atoms with Crippen LogP contribution in [0.25, 0.3) is 21.8 Å². The molecule has 8 rings (SSSR count). The molecule has 3 fully saturated rings. The molecule has 1 aliphatic carbocycles. The number of aryl methyl sites for hydroxylation is 1. The number of anilines is 3. The van der Waals surface area contributed by atoms with Crippen LogP contribution in [0, 0.1) is 17.6 Å². The van der Waals surface area contributed by atoms with Crippen LogP contribution in [0.4, 0.5) is 30.8 Å². The van der Waals surface area contributed by atoms with Crippen molar-refractivity contribution in [1.82, 2.24) is 33.9 Å². The Kier molecular flexibility index (Phi) is 11.7. The van der Waals surface area contributed by atoms with Gasteiger partial charge in [0, 0.05) is 58.6 Å². The molecule has 61 heavy (non-hydrogen) atoms. The van der Waals surface area contributed by atoms with E-state index in [1.807, 2.05) is 6.07 Å². The van der Waals surface area contributed by atoms with Crippen molar-refractivity contribution in [2.75, 3.05) is 55.2 Å². The number of carbonyl (C=O) groups excluding carboxylic acids is 2. The van der Waals surface area contributed by atoms with Crippen molar-refractivity contribution in [2.24, 2.45) is 13.0 Å². The van der Waals surface area contributed by atoms with Crippen molar-refractivity contribution in [3.8, 4) is 11.5 Å². The van der Waals surface area contributed by atoms with E-state index in [-0.39, 0.29) is 71.5 Å². The zero-order valence-electron chi connectivity index (χ0n) is 34.6. The van der Waals surface area contributed by atoms with E-state index in [1.165, 1.54) is 37.2 Å². The Bertz CT molecular complexity index is 2670. The molecule has 0 radical (unpaired) electrons. The average Bonchev–Trinajstić information content (AvgIpc) is 3.56. The van der Waals surface area contributed by atoms with E-state index in [1.54, 1.807) is 41.7 Å². The van der Waals surface area contributed by atoms with Crippen LogP contribution in [-0.4, -0.2) is 95.2 Å². The molecule has 3 aliphatic rings. The lowest BCUT2D eigenvalue weighted by atomic mass is 9.80. The molecule has 3 N–H and O–H groups in total. The first-order valence-electron chi connectivity index (χ1n) is 20.7. The predicted molar refractivity (Wildman–Crippen MR) is 228 cm³/mol. The highest BCUT2D eigenvalue weighted by molar-refractivity contribution is 7.90. The Morgan fingerprint density at radius 1 is 0.951 bits per heavy atom. The van der Waals surface area contributed by atoms with Gasteiger partial charge in [0.05, 0.1) is 28.4 Å². The Morgan fingerprint density at radius 3 is 2.41 bits per heavy atom. The number of rotatable bonds is 12. The minimum absolute atomic E-state index is 0.0638. The summed E-state index contributed by atoms with van der Waals surface area (Å²) in [6, 6.07) is 10.3. The molecule has 0 spiro atoms. The molecule has 0 unspecified atom stereocenters. The molecule has 19 heteroatoms. The fraction of sp³-hybridized carbons (Fsp3) is 0.452. The van der Waals surface area contributed by atoms with Crippen molar-refractivity contribution < 1.29 is 31.5 Å². The summed E-state index contributed by atoms with van der Waals surface area (Å²) in [4.78, 5) is 46.4. The van der Waals surface area contributed by atoms with Gasteiger partial charge in [-0.2, -0.15) is 17.8 Å². The Labute approximate surface area is 352 Å². The number of urea groups is 1. The molecule has 1 saturated carbocycles. The smallest absolute Gasteiger partial charge is 0.329 e. The van der Waals surface area contributed by atoms with Gasteiger partial charge in [-0.25, -0.2) is 18.6 Å². The largest absolute Gasteiger partial charge is 0.452 e. The van der Waals surface area contributed by atoms with Crippen LogP contribution < -0.4 is 30.6 Å². The molecule has 3 aromatic carbocycles. The third-order valence-electron chi connectivity index (χ3n) is 12.5. The van der Waals surface area contributed by atoms with Gasteiger partial charge < -0.3 is 15.0 Å². The van der Waals surface area contributed by atoms with Gasteiger partial charge in [-0.15, -0.1) is 0 Å². The minimum atomic E-state index is -3.90. The topological polar surface area (TPSA) is 176 Å². The van der Waals surface area contributed by atoms with Crippen LogP contribution in [0.3, 0.4) is 0 Å². The fourth-order valence-corrected chi connectivity index (χ4v) is 9.85. The molecule has 5 aromatic rings. The third kappa shape index (κ3) is 8.37. The molecule has 3 amide bonds. The number of benzene rings is 3. The molecule has 2 aromatic heterocycles.